The number of nitrogens with one attached hydrogen (secondary N) is 2. The molecule has 2 aromatic rings. The number of furan rings is 1. The van der Waals surface area contributed by atoms with E-state index in [0.717, 1.165) is 0 Å². The number of benzene rings is 1. The van der Waals surface area contributed by atoms with Crippen molar-refractivity contribution in [3.63, 3.8) is 0 Å². The lowest BCUT2D eigenvalue weighted by molar-refractivity contribution is -0.0504. The van der Waals surface area contributed by atoms with E-state index in [0.29, 0.717) is 35.2 Å². The van der Waals surface area contributed by atoms with E-state index in [9.17, 15) is 13.6 Å². The number of rotatable bonds is 8. The number of guanidine groups is 1. The van der Waals surface area contributed by atoms with E-state index in [-0.39, 0.29) is 42.8 Å². The van der Waals surface area contributed by atoms with Gasteiger partial charge >= 0.3 is 12.6 Å². The molecule has 29 heavy (non-hydrogen) atoms. The summed E-state index contributed by atoms with van der Waals surface area (Å²) < 4.78 is 39.8. The molecule has 0 spiro atoms. The van der Waals surface area contributed by atoms with Crippen LogP contribution in [0.1, 0.15) is 34.4 Å². The first-order valence-electron chi connectivity index (χ1n) is 8.67. The number of aliphatic imine (C=N–C) groups is 1. The normalized spacial score (nSPS) is 11.0. The first-order valence-corrected chi connectivity index (χ1v) is 8.67. The van der Waals surface area contributed by atoms with Gasteiger partial charge in [0.05, 0.1) is 20.2 Å². The molecule has 10 heteroatoms. The van der Waals surface area contributed by atoms with E-state index in [2.05, 4.69) is 20.4 Å². The van der Waals surface area contributed by atoms with E-state index in [1.54, 1.807) is 31.2 Å². The highest BCUT2D eigenvalue weighted by molar-refractivity contribution is 14.0. The SMILES string of the molecule is CCNC(=NCc1ccccc1OC(F)F)NCc1cc(C(=O)OC)c(C)o1.I. The molecule has 2 N–H and O–H groups in total. The number of aryl methyl sites for hydroxylation is 1. The first-order chi connectivity index (χ1) is 13.4. The van der Waals surface area contributed by atoms with Gasteiger partial charge in [0, 0.05) is 12.1 Å². The smallest absolute Gasteiger partial charge is 0.387 e. The van der Waals surface area contributed by atoms with Crippen molar-refractivity contribution in [1.29, 1.82) is 0 Å². The molecule has 0 aliphatic heterocycles. The van der Waals surface area contributed by atoms with Crippen molar-refractivity contribution < 1.29 is 27.5 Å². The van der Waals surface area contributed by atoms with Crippen molar-refractivity contribution >= 4 is 35.9 Å². The third-order valence-corrected chi connectivity index (χ3v) is 3.74. The number of alkyl halides is 2. The number of carbonyl (C=O) groups excluding carboxylic acids is 1. The van der Waals surface area contributed by atoms with E-state index in [1.807, 2.05) is 6.92 Å². The number of hydrogen-bond acceptors (Lipinski definition) is 5. The summed E-state index contributed by atoms with van der Waals surface area (Å²) in [5.74, 6) is 1.07. The second-order valence-corrected chi connectivity index (χ2v) is 5.71. The fourth-order valence-electron chi connectivity index (χ4n) is 2.47. The van der Waals surface area contributed by atoms with Gasteiger partial charge in [-0.2, -0.15) is 8.78 Å². The van der Waals surface area contributed by atoms with Gasteiger partial charge in [0.2, 0.25) is 0 Å². The predicted octanol–water partition coefficient (Wildman–Crippen LogP) is 3.85. The van der Waals surface area contributed by atoms with Crippen LogP contribution in [0, 0.1) is 6.92 Å². The molecule has 0 atom stereocenters. The minimum atomic E-state index is -2.90. The van der Waals surface area contributed by atoms with Crippen LogP contribution in [0.15, 0.2) is 39.7 Å². The van der Waals surface area contributed by atoms with Crippen LogP contribution in [0.2, 0.25) is 0 Å². The molecule has 0 unspecified atom stereocenters. The lowest BCUT2D eigenvalue weighted by Gasteiger charge is -2.12. The van der Waals surface area contributed by atoms with Crippen molar-refractivity contribution in [1.82, 2.24) is 10.6 Å². The fraction of sp³-hybridized carbons (Fsp3) is 0.368. The number of para-hydroxylation sites is 1. The van der Waals surface area contributed by atoms with Gasteiger partial charge in [-0.05, 0) is 26.0 Å². The molecule has 0 bridgehead atoms. The van der Waals surface area contributed by atoms with Gasteiger partial charge in [0.15, 0.2) is 5.96 Å². The number of hydrogen-bond donors (Lipinski definition) is 2. The molecule has 1 heterocycles. The highest BCUT2D eigenvalue weighted by Gasteiger charge is 2.15. The molecule has 1 aromatic carbocycles. The number of halogens is 3. The minimum Gasteiger partial charge on any atom is -0.465 e. The lowest BCUT2D eigenvalue weighted by Crippen LogP contribution is -2.36. The zero-order valence-electron chi connectivity index (χ0n) is 16.3. The molecule has 7 nitrogen and oxygen atoms in total. The average Bonchev–Trinajstić information content (AvgIpc) is 3.04. The largest absolute Gasteiger partial charge is 0.465 e. The number of esters is 1. The summed E-state index contributed by atoms with van der Waals surface area (Å²) in [5.41, 5.74) is 0.890. The van der Waals surface area contributed by atoms with Crippen LogP contribution < -0.4 is 15.4 Å². The lowest BCUT2D eigenvalue weighted by atomic mass is 10.2. The minimum absolute atomic E-state index is 0. The molecular weight excluding hydrogens is 499 g/mol. The summed E-state index contributed by atoms with van der Waals surface area (Å²) in [5, 5.41) is 6.12. The quantitative estimate of drug-likeness (QED) is 0.237. The Balaban J connectivity index is 0.00000420. The monoisotopic (exact) mass is 523 g/mol. The molecule has 2 rings (SSSR count). The number of methoxy groups -OCH3 is 1. The summed E-state index contributed by atoms with van der Waals surface area (Å²) >= 11 is 0. The van der Waals surface area contributed by atoms with Crippen molar-refractivity contribution in [2.24, 2.45) is 4.99 Å². The van der Waals surface area contributed by atoms with Crippen LogP contribution in [0.5, 0.6) is 5.75 Å². The topological polar surface area (TPSA) is 85.1 Å². The van der Waals surface area contributed by atoms with Gasteiger partial charge in [-0.25, -0.2) is 9.79 Å². The van der Waals surface area contributed by atoms with Crippen LogP contribution in [0.3, 0.4) is 0 Å². The summed E-state index contributed by atoms with van der Waals surface area (Å²) in [6, 6.07) is 8.08. The highest BCUT2D eigenvalue weighted by Crippen LogP contribution is 2.21. The second kappa shape index (κ2) is 12.2. The summed E-state index contributed by atoms with van der Waals surface area (Å²) in [6.07, 6.45) is 0. The van der Waals surface area contributed by atoms with Gasteiger partial charge in [0.1, 0.15) is 22.8 Å². The fourth-order valence-corrected chi connectivity index (χ4v) is 2.47. The molecular formula is C19H24F2IN3O4. The van der Waals surface area contributed by atoms with Gasteiger partial charge in [-0.15, -0.1) is 24.0 Å². The Morgan fingerprint density at radius 1 is 1.28 bits per heavy atom. The Morgan fingerprint density at radius 2 is 2.00 bits per heavy atom. The van der Waals surface area contributed by atoms with Crippen LogP contribution in [-0.4, -0.2) is 32.2 Å². The van der Waals surface area contributed by atoms with Crippen molar-refractivity contribution in [3.8, 4) is 5.75 Å². The zero-order chi connectivity index (χ0) is 20.5. The van der Waals surface area contributed by atoms with Crippen LogP contribution >= 0.6 is 24.0 Å². The van der Waals surface area contributed by atoms with Crippen LogP contribution in [0.25, 0.3) is 0 Å². The van der Waals surface area contributed by atoms with Gasteiger partial charge in [-0.3, -0.25) is 0 Å². The van der Waals surface area contributed by atoms with E-state index in [4.69, 9.17) is 9.15 Å². The molecule has 1 aromatic heterocycles. The van der Waals surface area contributed by atoms with Crippen molar-refractivity contribution in [2.75, 3.05) is 13.7 Å². The predicted molar refractivity (Wildman–Crippen MR) is 115 cm³/mol. The Bertz CT molecular complexity index is 828. The van der Waals surface area contributed by atoms with E-state index < -0.39 is 12.6 Å². The first kappa shape index (κ1) is 24.7. The van der Waals surface area contributed by atoms with E-state index in [1.165, 1.54) is 13.2 Å². The molecule has 0 amide bonds. The Kier molecular flexibility index (Phi) is 10.4. The molecule has 0 fully saturated rings. The average molecular weight is 523 g/mol. The summed E-state index contributed by atoms with van der Waals surface area (Å²) in [4.78, 5) is 16.0. The Labute approximate surface area is 184 Å². The number of carbonyl (C=O) groups is 1. The van der Waals surface area contributed by atoms with Crippen LogP contribution in [0.4, 0.5) is 8.78 Å². The maximum Gasteiger partial charge on any atom is 0.387 e. The van der Waals surface area contributed by atoms with Crippen molar-refractivity contribution in [3.05, 3.63) is 53.0 Å². The molecule has 0 saturated carbocycles. The second-order valence-electron chi connectivity index (χ2n) is 5.71. The molecule has 0 saturated heterocycles. The van der Waals surface area contributed by atoms with Crippen molar-refractivity contribution in [2.45, 2.75) is 33.5 Å². The molecule has 160 valence electrons. The maximum absolute atomic E-state index is 12.5. The number of ether oxygens (including phenoxy) is 2. The Morgan fingerprint density at radius 3 is 2.66 bits per heavy atom. The summed E-state index contributed by atoms with van der Waals surface area (Å²) in [7, 11) is 1.30. The van der Waals surface area contributed by atoms with Gasteiger partial charge in [-0.1, -0.05) is 18.2 Å². The maximum atomic E-state index is 12.5. The van der Waals surface area contributed by atoms with E-state index >= 15 is 0 Å². The molecule has 0 radical (unpaired) electrons. The third kappa shape index (κ3) is 7.52. The van der Waals surface area contributed by atoms with Gasteiger partial charge < -0.3 is 24.5 Å². The summed E-state index contributed by atoms with van der Waals surface area (Å²) in [6.45, 7) is 1.70. The highest BCUT2D eigenvalue weighted by atomic mass is 127. The van der Waals surface area contributed by atoms with Gasteiger partial charge in [0.25, 0.3) is 0 Å². The molecule has 0 aliphatic carbocycles. The standard InChI is InChI=1S/C19H23F2N3O4.HI/c1-4-22-19(23-10-13-7-5-6-8-16(13)28-18(20)21)24-11-14-9-15(12(2)27-14)17(25)26-3;/h5-9,18H,4,10-11H2,1-3H3,(H2,22,23,24);1H. The Hall–Kier alpha value is -2.37. The number of nitrogens with zero attached hydrogens (tertiary/aromatic N) is 1. The molecule has 0 aliphatic rings. The zero-order valence-corrected chi connectivity index (χ0v) is 18.7. The van der Waals surface area contributed by atoms with Crippen LogP contribution in [-0.2, 0) is 17.8 Å². The third-order valence-electron chi connectivity index (χ3n) is 3.74.